The highest BCUT2D eigenvalue weighted by molar-refractivity contribution is 6.04. The van der Waals surface area contributed by atoms with Gasteiger partial charge in [-0.25, -0.2) is 0 Å². The van der Waals surface area contributed by atoms with Gasteiger partial charge in [0.15, 0.2) is 0 Å². The van der Waals surface area contributed by atoms with E-state index in [0.29, 0.717) is 11.3 Å². The lowest BCUT2D eigenvalue weighted by Crippen LogP contribution is -2.45. The second-order valence-electron chi connectivity index (χ2n) is 7.43. The maximum absolute atomic E-state index is 12.3. The van der Waals surface area contributed by atoms with Crippen molar-refractivity contribution in [1.29, 1.82) is 0 Å². The van der Waals surface area contributed by atoms with Crippen molar-refractivity contribution >= 4 is 11.6 Å². The fourth-order valence-electron chi connectivity index (χ4n) is 3.61. The number of rotatable bonds is 6. The van der Waals surface area contributed by atoms with Gasteiger partial charge >= 0.3 is 0 Å². The van der Waals surface area contributed by atoms with Crippen molar-refractivity contribution in [3.8, 4) is 0 Å². The van der Waals surface area contributed by atoms with Crippen LogP contribution in [0.2, 0.25) is 0 Å². The second-order valence-corrected chi connectivity index (χ2v) is 7.43. The number of carbonyl (C=O) groups excluding carboxylic acids is 1. The smallest absolute Gasteiger partial charge is 0.255 e. The lowest BCUT2D eigenvalue weighted by molar-refractivity contribution is 0.102. The first kappa shape index (κ1) is 19.3. The van der Waals surface area contributed by atoms with Crippen LogP contribution in [0, 0.1) is 0 Å². The van der Waals surface area contributed by atoms with E-state index in [-0.39, 0.29) is 5.91 Å². The van der Waals surface area contributed by atoms with Gasteiger partial charge in [0.1, 0.15) is 0 Å². The molecule has 5 heteroatoms. The minimum atomic E-state index is -0.112. The number of benzene rings is 2. The summed E-state index contributed by atoms with van der Waals surface area (Å²) in [4.78, 5) is 21.4. The molecular formula is C24H26N4O. The monoisotopic (exact) mass is 386 g/mol. The van der Waals surface area contributed by atoms with Gasteiger partial charge in [-0.15, -0.1) is 0 Å². The summed E-state index contributed by atoms with van der Waals surface area (Å²) < 4.78 is 0. The summed E-state index contributed by atoms with van der Waals surface area (Å²) in [6, 6.07) is 22.2. The van der Waals surface area contributed by atoms with Gasteiger partial charge in [-0.05, 0) is 35.4 Å². The van der Waals surface area contributed by atoms with Crippen LogP contribution in [-0.4, -0.2) is 46.9 Å². The average molecular weight is 386 g/mol. The number of anilines is 1. The van der Waals surface area contributed by atoms with Crippen molar-refractivity contribution in [2.24, 2.45) is 0 Å². The second kappa shape index (κ2) is 9.45. The number of amides is 1. The van der Waals surface area contributed by atoms with E-state index in [1.165, 1.54) is 11.1 Å². The molecule has 3 aromatic rings. The van der Waals surface area contributed by atoms with Gasteiger partial charge in [0, 0.05) is 51.0 Å². The highest BCUT2D eigenvalue weighted by Crippen LogP contribution is 2.13. The van der Waals surface area contributed by atoms with Gasteiger partial charge in [0.2, 0.25) is 0 Å². The SMILES string of the molecule is O=C(Nc1cccnc1)c1ccc(CN2CCN(Cc3ccccc3)CC2)cc1. The van der Waals surface area contributed by atoms with Crippen LogP contribution in [0.4, 0.5) is 5.69 Å². The molecule has 1 aromatic heterocycles. The third-order valence-corrected chi connectivity index (χ3v) is 5.26. The maximum atomic E-state index is 12.3. The number of piperazine rings is 1. The summed E-state index contributed by atoms with van der Waals surface area (Å²) in [5, 5.41) is 2.87. The zero-order valence-electron chi connectivity index (χ0n) is 16.5. The highest BCUT2D eigenvalue weighted by atomic mass is 16.1. The normalized spacial score (nSPS) is 15.2. The lowest BCUT2D eigenvalue weighted by atomic mass is 10.1. The van der Waals surface area contributed by atoms with E-state index >= 15 is 0 Å². The number of pyridine rings is 1. The Morgan fingerprint density at radius 1 is 0.793 bits per heavy atom. The first-order valence-electron chi connectivity index (χ1n) is 10.1. The van der Waals surface area contributed by atoms with E-state index in [2.05, 4.69) is 62.6 Å². The number of aromatic nitrogens is 1. The molecule has 0 bridgehead atoms. The summed E-state index contributed by atoms with van der Waals surface area (Å²) in [6.45, 7) is 6.24. The number of hydrogen-bond donors (Lipinski definition) is 1. The van der Waals surface area contributed by atoms with Gasteiger partial charge in [-0.1, -0.05) is 42.5 Å². The Bertz CT molecular complexity index is 905. The van der Waals surface area contributed by atoms with Crippen LogP contribution in [0.5, 0.6) is 0 Å². The lowest BCUT2D eigenvalue weighted by Gasteiger charge is -2.34. The van der Waals surface area contributed by atoms with Crippen molar-refractivity contribution in [3.63, 3.8) is 0 Å². The highest BCUT2D eigenvalue weighted by Gasteiger charge is 2.17. The minimum absolute atomic E-state index is 0.112. The van der Waals surface area contributed by atoms with Crippen molar-refractivity contribution in [1.82, 2.24) is 14.8 Å². The van der Waals surface area contributed by atoms with Gasteiger partial charge in [-0.3, -0.25) is 19.6 Å². The fourth-order valence-corrected chi connectivity index (χ4v) is 3.61. The van der Waals surface area contributed by atoms with Crippen LogP contribution in [0.25, 0.3) is 0 Å². The number of nitrogens with one attached hydrogen (secondary N) is 1. The molecular weight excluding hydrogens is 360 g/mol. The fraction of sp³-hybridized carbons (Fsp3) is 0.250. The number of hydrogen-bond acceptors (Lipinski definition) is 4. The molecule has 0 saturated carbocycles. The zero-order chi connectivity index (χ0) is 19.9. The quantitative estimate of drug-likeness (QED) is 0.703. The summed E-state index contributed by atoms with van der Waals surface area (Å²) in [5.41, 5.74) is 3.97. The Balaban J connectivity index is 1.26. The molecule has 2 heterocycles. The Hall–Kier alpha value is -3.02. The van der Waals surface area contributed by atoms with Crippen molar-refractivity contribution < 1.29 is 4.79 Å². The summed E-state index contributed by atoms with van der Waals surface area (Å²) in [5.74, 6) is -0.112. The van der Waals surface area contributed by atoms with Gasteiger partial charge in [0.25, 0.3) is 5.91 Å². The molecule has 1 amide bonds. The molecule has 148 valence electrons. The van der Waals surface area contributed by atoms with E-state index in [1.54, 1.807) is 18.5 Å². The third-order valence-electron chi connectivity index (χ3n) is 5.26. The van der Waals surface area contributed by atoms with Crippen LogP contribution >= 0.6 is 0 Å². The van der Waals surface area contributed by atoms with Crippen molar-refractivity contribution in [2.45, 2.75) is 13.1 Å². The van der Waals surface area contributed by atoms with Gasteiger partial charge in [-0.2, -0.15) is 0 Å². The third kappa shape index (κ3) is 5.50. The molecule has 2 aromatic carbocycles. The van der Waals surface area contributed by atoms with Crippen LogP contribution in [0.15, 0.2) is 79.1 Å². The standard InChI is InChI=1S/C24H26N4O/c29-24(26-23-7-4-12-25-17-23)22-10-8-21(9-11-22)19-28-15-13-27(14-16-28)18-20-5-2-1-3-6-20/h1-12,17H,13-16,18-19H2,(H,26,29). The molecule has 1 aliphatic rings. The Kier molecular flexibility index (Phi) is 6.29. The molecule has 5 nitrogen and oxygen atoms in total. The molecule has 29 heavy (non-hydrogen) atoms. The summed E-state index contributed by atoms with van der Waals surface area (Å²) in [7, 11) is 0. The predicted octanol–water partition coefficient (Wildman–Crippen LogP) is 3.65. The molecule has 1 aliphatic heterocycles. The van der Waals surface area contributed by atoms with Crippen molar-refractivity contribution in [2.75, 3.05) is 31.5 Å². The molecule has 1 saturated heterocycles. The predicted molar refractivity (Wildman–Crippen MR) is 116 cm³/mol. The maximum Gasteiger partial charge on any atom is 0.255 e. The number of carbonyl (C=O) groups is 1. The summed E-state index contributed by atoms with van der Waals surface area (Å²) >= 11 is 0. The first-order chi connectivity index (χ1) is 14.3. The molecule has 0 spiro atoms. The molecule has 0 aliphatic carbocycles. The molecule has 1 N–H and O–H groups in total. The van der Waals surface area contributed by atoms with E-state index < -0.39 is 0 Å². The van der Waals surface area contributed by atoms with Crippen LogP contribution in [0.3, 0.4) is 0 Å². The minimum Gasteiger partial charge on any atom is -0.321 e. The molecule has 0 radical (unpaired) electrons. The zero-order valence-corrected chi connectivity index (χ0v) is 16.5. The molecule has 0 unspecified atom stereocenters. The first-order valence-corrected chi connectivity index (χ1v) is 10.1. The Morgan fingerprint density at radius 2 is 1.41 bits per heavy atom. The molecule has 4 rings (SSSR count). The Morgan fingerprint density at radius 3 is 2.00 bits per heavy atom. The summed E-state index contributed by atoms with van der Waals surface area (Å²) in [6.07, 6.45) is 3.33. The van der Waals surface area contributed by atoms with Crippen LogP contribution < -0.4 is 5.32 Å². The van der Waals surface area contributed by atoms with Crippen LogP contribution in [0.1, 0.15) is 21.5 Å². The van der Waals surface area contributed by atoms with E-state index in [4.69, 9.17) is 0 Å². The molecule has 0 atom stereocenters. The Labute approximate surface area is 172 Å². The van der Waals surface area contributed by atoms with E-state index in [9.17, 15) is 4.79 Å². The largest absolute Gasteiger partial charge is 0.321 e. The van der Waals surface area contributed by atoms with E-state index in [0.717, 1.165) is 39.3 Å². The van der Waals surface area contributed by atoms with Gasteiger partial charge in [0.05, 0.1) is 11.9 Å². The average Bonchev–Trinajstić information content (AvgIpc) is 2.77. The molecule has 1 fully saturated rings. The topological polar surface area (TPSA) is 48.5 Å². The van der Waals surface area contributed by atoms with Crippen molar-refractivity contribution in [3.05, 3.63) is 95.8 Å². The van der Waals surface area contributed by atoms with E-state index in [1.807, 2.05) is 18.2 Å². The van der Waals surface area contributed by atoms with Gasteiger partial charge < -0.3 is 5.32 Å². The number of nitrogens with zero attached hydrogens (tertiary/aromatic N) is 3. The van der Waals surface area contributed by atoms with Crippen LogP contribution in [-0.2, 0) is 13.1 Å².